The first kappa shape index (κ1) is 115. The van der Waals surface area contributed by atoms with Gasteiger partial charge in [0.15, 0.2) is 0 Å². The summed E-state index contributed by atoms with van der Waals surface area (Å²) in [4.78, 5) is 19.2. The number of nitrogens with zero attached hydrogens (tertiary/aromatic N) is 9. The number of halogens is 7. The molecule has 9 aliphatic rings. The van der Waals surface area contributed by atoms with Gasteiger partial charge in [0.25, 0.3) is 0 Å². The average molecular weight is 1720 g/mol. The van der Waals surface area contributed by atoms with E-state index in [0.717, 1.165) is 84.0 Å². The minimum atomic E-state index is -2.27. The summed E-state index contributed by atoms with van der Waals surface area (Å²) in [5, 5.41) is 0. The van der Waals surface area contributed by atoms with Crippen LogP contribution in [-0.4, -0.2) is 365 Å². The van der Waals surface area contributed by atoms with E-state index in [1.54, 1.807) is 7.11 Å². The van der Waals surface area contributed by atoms with Crippen LogP contribution < -0.4 is 4.74 Å². The predicted octanol–water partition coefficient (Wildman–Crippen LogP) is 16.9. The minimum Gasteiger partial charge on any atom is -0.488 e. The Balaban J connectivity index is 0.000000670. The first-order valence-electron chi connectivity index (χ1n) is 44.3. The SMILES string of the molecule is C.CC(C)O[C@@H]1CN(C)C[C@H]1C.CC(C)O[C@@H]1CN(C)C[C@H]1C(F)F.CC(C)O[C@H]1CN(C)C[C@@H]1C.CC(C)O[C@H]1CN(C)C[C@@H]1C(F)F.CN1CCC(F)(COC(C)(C)C)CC1.CN1CCC[C@@](F)(COC(C)(C)C)C1.CN1CC[C@@](F)(COC(C)(C)C)C1.CN1CCc2c(cccc2OC(C)(C)C)C1.CO[C@@H]1CN(C)C[C@H]1OC(C)(C)C. The Hall–Kier alpha value is -2.19. The van der Waals surface area contributed by atoms with Gasteiger partial charge in [-0.1, -0.05) is 33.4 Å². The van der Waals surface area contributed by atoms with E-state index in [9.17, 15) is 30.7 Å². The van der Waals surface area contributed by atoms with E-state index in [2.05, 4.69) is 154 Å². The number of likely N-dealkylation sites (tertiary alicyclic amines) is 8. The van der Waals surface area contributed by atoms with E-state index in [0.29, 0.717) is 101 Å². The molecule has 119 heavy (non-hydrogen) atoms. The molecule has 10 rings (SSSR count). The van der Waals surface area contributed by atoms with Crippen LogP contribution in [-0.2, 0) is 55.6 Å². The van der Waals surface area contributed by atoms with Gasteiger partial charge in [-0.3, -0.25) is 0 Å². The summed E-state index contributed by atoms with van der Waals surface area (Å²) < 4.78 is 148. The van der Waals surface area contributed by atoms with Gasteiger partial charge >= 0.3 is 0 Å². The molecule has 0 unspecified atom stereocenters. The number of rotatable bonds is 19. The molecule has 0 N–H and O–H groups in total. The number of piperidine rings is 2. The Morgan fingerprint density at radius 3 is 1.08 bits per heavy atom. The second-order valence-electron chi connectivity index (χ2n) is 41.9. The molecule has 0 spiro atoms. The number of hydrogen-bond donors (Lipinski definition) is 0. The maximum atomic E-state index is 14.2. The Morgan fingerprint density at radius 1 is 0.387 bits per heavy atom. The van der Waals surface area contributed by atoms with E-state index in [4.69, 9.17) is 47.4 Å². The van der Waals surface area contributed by atoms with E-state index < -0.39 is 41.7 Å². The van der Waals surface area contributed by atoms with E-state index in [-0.39, 0.29) is 91.9 Å². The summed E-state index contributed by atoms with van der Waals surface area (Å²) in [5.41, 5.74) is -1.45. The van der Waals surface area contributed by atoms with E-state index in [1.165, 1.54) is 24.2 Å². The summed E-state index contributed by atoms with van der Waals surface area (Å²) >= 11 is 0. The third kappa shape index (κ3) is 50.2. The number of fused-ring (bicyclic) bond motifs is 1. The van der Waals surface area contributed by atoms with Crippen molar-refractivity contribution in [2.75, 3.05) is 202 Å². The maximum absolute atomic E-state index is 14.2. The standard InChI is InChI=1S/C14H21NO.2C11H22FNO.C10H20FNO.C10H21NO2.2C9H17F2NO.2C9H19NO.CH4/c1-14(2,3)16-13-7-5-6-11-10-15(4)9-8-12(11)13;1-10(2,3)14-9-11(12)5-7-13(4)8-6-11;1-10(2,3)14-9-11(12)6-5-7-13(4)8-11;1-9(2,3)13-8-10(11)5-6-12(4)7-10;1-10(2,3)13-9-7-11(4)6-8(9)12-5;2*1-6(2)13-8-5-12(3)4-7(8)9(10)11;2*1-7(2)11-9-6-10(4)5-8(9)3;/h5-7H,8-10H2,1-4H3;2*5-9H2,1-4H3;5-8H2,1-4H3;8-9H,6-7H2,1-5H3;2*6-9H,4-5H2,1-3H3;2*7-9H,5-6H2,1-4H3;1H4/t;;11-;10-;8-,9-;2*7-,8-;2*8-,9-;/m..0011010./s1. The molecule has 1 aromatic carbocycles. The fourth-order valence-corrected chi connectivity index (χ4v) is 15.5. The topological polar surface area (TPSA) is 121 Å². The van der Waals surface area contributed by atoms with Crippen molar-refractivity contribution in [1.82, 2.24) is 44.1 Å². The lowest BCUT2D eigenvalue weighted by Gasteiger charge is -2.36. The van der Waals surface area contributed by atoms with Gasteiger partial charge in [0, 0.05) is 118 Å². The van der Waals surface area contributed by atoms with Gasteiger partial charge in [-0.15, -0.1) is 0 Å². The van der Waals surface area contributed by atoms with Crippen molar-refractivity contribution in [3.05, 3.63) is 29.3 Å². The van der Waals surface area contributed by atoms with Crippen LogP contribution in [0.15, 0.2) is 18.2 Å². The quantitative estimate of drug-likeness (QED) is 0.122. The zero-order chi connectivity index (χ0) is 90.5. The summed E-state index contributed by atoms with van der Waals surface area (Å²) in [6, 6.07) is 6.40. The summed E-state index contributed by atoms with van der Waals surface area (Å²) in [5.74, 6) is 1.22. The molecule has 8 fully saturated rings. The monoisotopic (exact) mass is 1720 g/mol. The summed E-state index contributed by atoms with van der Waals surface area (Å²) in [7, 11) is 20.0. The average Bonchev–Trinajstić information content (AvgIpc) is 1.78. The third-order valence-electron chi connectivity index (χ3n) is 21.3. The number of methoxy groups -OCH3 is 1. The van der Waals surface area contributed by atoms with Crippen LogP contribution in [0.2, 0.25) is 0 Å². The van der Waals surface area contributed by atoms with Gasteiger partial charge < -0.3 is 91.5 Å². The third-order valence-corrected chi connectivity index (χ3v) is 21.3. The molecule has 0 aliphatic carbocycles. The highest BCUT2D eigenvalue weighted by Crippen LogP contribution is 2.34. The van der Waals surface area contributed by atoms with Gasteiger partial charge in [0.05, 0.1) is 115 Å². The number of alkyl halides is 7. The second-order valence-corrected chi connectivity index (χ2v) is 41.9. The van der Waals surface area contributed by atoms with Gasteiger partial charge in [-0.25, -0.2) is 30.7 Å². The molecule has 9 heterocycles. The zero-order valence-corrected chi connectivity index (χ0v) is 81.3. The maximum Gasteiger partial charge on any atom is 0.245 e. The fraction of sp³-hybridized carbons (Fsp3) is 0.935. The normalized spacial score (nSPS) is 28.4. The molecule has 12 atom stereocenters. The molecule has 8 saturated heterocycles. The molecule has 0 saturated carbocycles. The number of ether oxygens (including phenoxy) is 10. The van der Waals surface area contributed by atoms with Crippen molar-refractivity contribution < 1.29 is 78.1 Å². The Labute approximate surface area is 723 Å². The highest BCUT2D eigenvalue weighted by Gasteiger charge is 2.43. The molecule has 26 heteroatoms. The first-order valence-corrected chi connectivity index (χ1v) is 44.3. The molecule has 0 radical (unpaired) electrons. The molecular weight excluding hydrogens is 1540 g/mol. The number of likely N-dealkylation sites (N-methyl/N-ethyl adjacent to an activating group) is 6. The van der Waals surface area contributed by atoms with Gasteiger partial charge in [-0.2, -0.15) is 0 Å². The Morgan fingerprint density at radius 2 is 0.731 bits per heavy atom. The molecule has 19 nitrogen and oxygen atoms in total. The summed E-state index contributed by atoms with van der Waals surface area (Å²) in [6.07, 6.45) is 1.46. The molecule has 0 aromatic heterocycles. The smallest absolute Gasteiger partial charge is 0.245 e. The van der Waals surface area contributed by atoms with E-state index >= 15 is 0 Å². The van der Waals surface area contributed by atoms with Gasteiger partial charge in [-0.05, 0) is 297 Å². The lowest BCUT2D eigenvalue weighted by atomic mass is 9.94. The largest absolute Gasteiger partial charge is 0.488 e. The minimum absolute atomic E-state index is 0. The Bertz CT molecular complexity index is 2760. The van der Waals surface area contributed by atoms with Crippen LogP contribution in [0.1, 0.15) is 224 Å². The van der Waals surface area contributed by atoms with Crippen molar-refractivity contribution in [2.24, 2.45) is 23.7 Å². The van der Waals surface area contributed by atoms with Crippen molar-refractivity contribution in [1.29, 1.82) is 0 Å². The van der Waals surface area contributed by atoms with Crippen LogP contribution in [0.25, 0.3) is 0 Å². The highest BCUT2D eigenvalue weighted by molar-refractivity contribution is 5.42. The van der Waals surface area contributed by atoms with Crippen LogP contribution in [0.4, 0.5) is 30.7 Å². The van der Waals surface area contributed by atoms with Crippen molar-refractivity contribution in [3.63, 3.8) is 0 Å². The van der Waals surface area contributed by atoms with Crippen LogP contribution in [0, 0.1) is 23.7 Å². The highest BCUT2D eigenvalue weighted by atomic mass is 19.3. The van der Waals surface area contributed by atoms with Crippen molar-refractivity contribution in [2.45, 2.75) is 344 Å². The molecule has 9 aliphatic heterocycles. The van der Waals surface area contributed by atoms with Gasteiger partial charge in [0.1, 0.15) is 28.4 Å². The first-order chi connectivity index (χ1) is 54.0. The number of benzene rings is 1. The van der Waals surface area contributed by atoms with Crippen LogP contribution >= 0.6 is 0 Å². The van der Waals surface area contributed by atoms with Crippen molar-refractivity contribution in [3.8, 4) is 5.75 Å². The predicted molar refractivity (Wildman–Crippen MR) is 478 cm³/mol. The fourth-order valence-electron chi connectivity index (χ4n) is 15.5. The van der Waals surface area contributed by atoms with Crippen LogP contribution in [0.3, 0.4) is 0 Å². The molecular formula is C93H182F7N9O10. The lowest BCUT2D eigenvalue weighted by molar-refractivity contribution is -0.0995. The number of hydrogen-bond acceptors (Lipinski definition) is 19. The second kappa shape index (κ2) is 52.9. The van der Waals surface area contributed by atoms with Crippen LogP contribution in [0.5, 0.6) is 5.75 Å². The lowest BCUT2D eigenvalue weighted by Crippen LogP contribution is -2.47. The molecule has 0 amide bonds. The van der Waals surface area contributed by atoms with E-state index in [1.807, 2.05) is 145 Å². The van der Waals surface area contributed by atoms with Crippen molar-refractivity contribution >= 4 is 0 Å². The van der Waals surface area contributed by atoms with Gasteiger partial charge in [0.2, 0.25) is 12.9 Å². The molecule has 1 aromatic rings. The zero-order valence-electron chi connectivity index (χ0n) is 81.3. The summed E-state index contributed by atoms with van der Waals surface area (Å²) in [6.45, 7) is 66.6. The Kier molecular flexibility index (Phi) is 51.1. The molecule has 0 bridgehead atoms. The molecule has 708 valence electrons.